The molecule has 0 aliphatic rings. The third-order valence-corrected chi connectivity index (χ3v) is 2.84. The molecule has 0 aromatic carbocycles. The highest BCUT2D eigenvalue weighted by Crippen LogP contribution is 2.11. The number of nitrogens with one attached hydrogen (secondary N) is 1. The number of carboxylic acid groups (broad SMARTS) is 1. The summed E-state index contributed by atoms with van der Waals surface area (Å²) in [5, 5.41) is 11.6. The van der Waals surface area contributed by atoms with Crippen molar-refractivity contribution >= 4 is 23.5 Å². The van der Waals surface area contributed by atoms with E-state index in [0.29, 0.717) is 24.2 Å². The van der Waals surface area contributed by atoms with Crippen LogP contribution in [0.15, 0.2) is 12.1 Å². The number of rotatable bonds is 6. The predicted octanol–water partition coefficient (Wildman–Crippen LogP) is 2.27. The Bertz CT molecular complexity index is 457. The van der Waals surface area contributed by atoms with E-state index in [9.17, 15) is 9.59 Å². The molecule has 0 aliphatic heterocycles. The second-order valence-electron chi connectivity index (χ2n) is 4.57. The van der Waals surface area contributed by atoms with Gasteiger partial charge in [-0.1, -0.05) is 18.5 Å². The maximum absolute atomic E-state index is 11.9. The lowest BCUT2D eigenvalue weighted by atomic mass is 10.1. The fourth-order valence-electron chi connectivity index (χ4n) is 1.60. The number of pyridine rings is 1. The Morgan fingerprint density at radius 2 is 2.16 bits per heavy atom. The van der Waals surface area contributed by atoms with Crippen molar-refractivity contribution in [1.29, 1.82) is 0 Å². The van der Waals surface area contributed by atoms with E-state index in [1.165, 1.54) is 6.07 Å². The molecule has 0 saturated heterocycles. The van der Waals surface area contributed by atoms with Crippen molar-refractivity contribution < 1.29 is 14.7 Å². The van der Waals surface area contributed by atoms with Gasteiger partial charge in [0.25, 0.3) is 5.91 Å². The molecule has 0 saturated carbocycles. The van der Waals surface area contributed by atoms with Gasteiger partial charge in [-0.2, -0.15) is 0 Å². The monoisotopic (exact) mass is 284 g/mol. The van der Waals surface area contributed by atoms with Gasteiger partial charge in [-0.05, 0) is 31.4 Å². The molecule has 1 unspecified atom stereocenters. The Balaban J connectivity index is 2.48. The minimum absolute atomic E-state index is 0.108. The van der Waals surface area contributed by atoms with Crippen molar-refractivity contribution in [3.63, 3.8) is 0 Å². The van der Waals surface area contributed by atoms with Crippen LogP contribution >= 0.6 is 11.6 Å². The summed E-state index contributed by atoms with van der Waals surface area (Å²) in [7, 11) is 0. The first-order valence-corrected chi connectivity index (χ1v) is 6.40. The van der Waals surface area contributed by atoms with Crippen LogP contribution in [0.4, 0.5) is 0 Å². The highest BCUT2D eigenvalue weighted by Gasteiger charge is 2.10. The average molecular weight is 285 g/mol. The lowest BCUT2D eigenvalue weighted by Gasteiger charge is -2.11. The topological polar surface area (TPSA) is 79.3 Å². The molecule has 1 atom stereocenters. The van der Waals surface area contributed by atoms with E-state index in [-0.39, 0.29) is 23.4 Å². The van der Waals surface area contributed by atoms with E-state index >= 15 is 0 Å². The number of aliphatic carboxylic acids is 1. The second kappa shape index (κ2) is 7.09. The standard InChI is InChI=1S/C13H17ClN2O3/c1-8(3-4-12(17)18)7-15-13(19)10-5-9(2)16-11(14)6-10/h5-6,8H,3-4,7H2,1-2H3,(H,15,19)(H,17,18). The van der Waals surface area contributed by atoms with Gasteiger partial charge in [0.2, 0.25) is 0 Å². The summed E-state index contributed by atoms with van der Waals surface area (Å²) in [6.45, 7) is 4.09. The van der Waals surface area contributed by atoms with Crippen LogP contribution in [0.25, 0.3) is 0 Å². The van der Waals surface area contributed by atoms with Gasteiger partial charge in [-0.15, -0.1) is 0 Å². The number of carbonyl (C=O) groups excluding carboxylic acids is 1. The van der Waals surface area contributed by atoms with Crippen LogP contribution in [0.5, 0.6) is 0 Å². The third kappa shape index (κ3) is 5.70. The molecule has 0 aliphatic carbocycles. The van der Waals surface area contributed by atoms with Gasteiger partial charge in [-0.3, -0.25) is 9.59 Å². The highest BCUT2D eigenvalue weighted by atomic mass is 35.5. The van der Waals surface area contributed by atoms with Gasteiger partial charge in [0.05, 0.1) is 0 Å². The van der Waals surface area contributed by atoms with Crippen LogP contribution in [0, 0.1) is 12.8 Å². The summed E-state index contributed by atoms with van der Waals surface area (Å²) in [6.07, 6.45) is 0.642. The summed E-state index contributed by atoms with van der Waals surface area (Å²) in [4.78, 5) is 26.3. The van der Waals surface area contributed by atoms with E-state index in [1.807, 2.05) is 6.92 Å². The van der Waals surface area contributed by atoms with Crippen molar-refractivity contribution in [2.75, 3.05) is 6.54 Å². The highest BCUT2D eigenvalue weighted by molar-refractivity contribution is 6.29. The van der Waals surface area contributed by atoms with Gasteiger partial charge in [-0.25, -0.2) is 4.98 Å². The molecule has 1 aromatic rings. The Kier molecular flexibility index (Phi) is 5.76. The first-order chi connectivity index (χ1) is 8.88. The minimum Gasteiger partial charge on any atom is -0.481 e. The molecule has 1 rings (SSSR count). The third-order valence-electron chi connectivity index (χ3n) is 2.65. The number of aryl methyl sites for hydroxylation is 1. The molecule has 104 valence electrons. The van der Waals surface area contributed by atoms with Crippen LogP contribution in [0.2, 0.25) is 5.15 Å². The summed E-state index contributed by atoms with van der Waals surface area (Å²) in [5.74, 6) is -0.942. The van der Waals surface area contributed by atoms with Crippen molar-refractivity contribution in [3.8, 4) is 0 Å². The fourth-order valence-corrected chi connectivity index (χ4v) is 1.85. The lowest BCUT2D eigenvalue weighted by molar-refractivity contribution is -0.137. The van der Waals surface area contributed by atoms with Crippen molar-refractivity contribution in [3.05, 3.63) is 28.5 Å². The SMILES string of the molecule is Cc1cc(C(=O)NCC(C)CCC(=O)O)cc(Cl)n1. The number of carboxylic acids is 1. The van der Waals surface area contributed by atoms with Crippen LogP contribution in [0.3, 0.4) is 0 Å². The number of amides is 1. The summed E-state index contributed by atoms with van der Waals surface area (Å²) < 4.78 is 0. The number of nitrogens with zero attached hydrogens (tertiary/aromatic N) is 1. The number of hydrogen-bond donors (Lipinski definition) is 2. The average Bonchev–Trinajstić information content (AvgIpc) is 2.32. The predicted molar refractivity (Wildman–Crippen MR) is 72.4 cm³/mol. The van der Waals surface area contributed by atoms with Gasteiger partial charge in [0.1, 0.15) is 5.15 Å². The molecular weight excluding hydrogens is 268 g/mol. The molecule has 1 heterocycles. The first kappa shape index (κ1) is 15.4. The van der Waals surface area contributed by atoms with E-state index in [4.69, 9.17) is 16.7 Å². The molecule has 0 fully saturated rings. The zero-order chi connectivity index (χ0) is 14.4. The smallest absolute Gasteiger partial charge is 0.303 e. The maximum atomic E-state index is 11.9. The van der Waals surface area contributed by atoms with E-state index < -0.39 is 5.97 Å². The molecule has 5 nitrogen and oxygen atoms in total. The molecular formula is C13H17ClN2O3. The minimum atomic E-state index is -0.824. The summed E-state index contributed by atoms with van der Waals surface area (Å²) in [6, 6.07) is 3.16. The zero-order valence-corrected chi connectivity index (χ0v) is 11.7. The Hall–Kier alpha value is -1.62. The second-order valence-corrected chi connectivity index (χ2v) is 4.95. The molecule has 1 aromatic heterocycles. The maximum Gasteiger partial charge on any atom is 0.303 e. The first-order valence-electron chi connectivity index (χ1n) is 6.02. The Morgan fingerprint density at radius 1 is 1.47 bits per heavy atom. The van der Waals surface area contributed by atoms with Gasteiger partial charge in [0.15, 0.2) is 0 Å². The molecule has 2 N–H and O–H groups in total. The number of halogens is 1. The molecule has 0 spiro atoms. The molecule has 1 amide bonds. The molecule has 19 heavy (non-hydrogen) atoms. The largest absolute Gasteiger partial charge is 0.481 e. The fraction of sp³-hybridized carbons (Fsp3) is 0.462. The normalized spacial score (nSPS) is 11.9. The van der Waals surface area contributed by atoms with Crippen molar-refractivity contribution in [2.45, 2.75) is 26.7 Å². The van der Waals surface area contributed by atoms with Crippen LogP contribution in [-0.4, -0.2) is 28.5 Å². The number of hydrogen-bond acceptors (Lipinski definition) is 3. The van der Waals surface area contributed by atoms with E-state index in [1.54, 1.807) is 13.0 Å². The van der Waals surface area contributed by atoms with Gasteiger partial charge >= 0.3 is 5.97 Å². The van der Waals surface area contributed by atoms with Crippen molar-refractivity contribution in [2.24, 2.45) is 5.92 Å². The van der Waals surface area contributed by atoms with Crippen LogP contribution in [0.1, 0.15) is 35.8 Å². The Labute approximate surface area is 117 Å². The van der Waals surface area contributed by atoms with Crippen molar-refractivity contribution in [1.82, 2.24) is 10.3 Å². The van der Waals surface area contributed by atoms with Crippen LogP contribution in [-0.2, 0) is 4.79 Å². The summed E-state index contributed by atoms with van der Waals surface area (Å²) >= 11 is 5.79. The number of aromatic nitrogens is 1. The van der Waals surface area contributed by atoms with Crippen LogP contribution < -0.4 is 5.32 Å². The van der Waals surface area contributed by atoms with E-state index in [0.717, 1.165) is 0 Å². The molecule has 0 radical (unpaired) electrons. The molecule has 0 bridgehead atoms. The lowest BCUT2D eigenvalue weighted by Crippen LogP contribution is -2.28. The molecule has 6 heteroatoms. The Morgan fingerprint density at radius 3 is 2.74 bits per heavy atom. The van der Waals surface area contributed by atoms with E-state index in [2.05, 4.69) is 10.3 Å². The number of carbonyl (C=O) groups is 2. The quantitative estimate of drug-likeness (QED) is 0.786. The zero-order valence-electron chi connectivity index (χ0n) is 10.9. The van der Waals surface area contributed by atoms with Gasteiger partial charge in [0, 0.05) is 24.2 Å². The van der Waals surface area contributed by atoms with Gasteiger partial charge < -0.3 is 10.4 Å². The summed E-state index contributed by atoms with van der Waals surface area (Å²) in [5.41, 5.74) is 1.14.